The van der Waals surface area contributed by atoms with Crippen LogP contribution in [0.1, 0.15) is 34.5 Å². The molecule has 0 bridgehead atoms. The van der Waals surface area contributed by atoms with Crippen molar-refractivity contribution in [3.63, 3.8) is 0 Å². The van der Waals surface area contributed by atoms with Crippen molar-refractivity contribution in [2.45, 2.75) is 19.9 Å². The Labute approximate surface area is 142 Å². The fourth-order valence-electron chi connectivity index (χ4n) is 3.00. The summed E-state index contributed by atoms with van der Waals surface area (Å²) in [6, 6.07) is 20.2. The van der Waals surface area contributed by atoms with Crippen LogP contribution in [0.5, 0.6) is 0 Å². The average molecular weight is 318 g/mol. The molecule has 1 atom stereocenters. The molecular formula is C21H22N2O. The second kappa shape index (κ2) is 6.75. The molecule has 0 unspecified atom stereocenters. The maximum atomic E-state index is 12.7. The van der Waals surface area contributed by atoms with E-state index in [2.05, 4.69) is 34.9 Å². The summed E-state index contributed by atoms with van der Waals surface area (Å²) in [6.07, 6.45) is 0. The van der Waals surface area contributed by atoms with E-state index in [1.807, 2.05) is 57.3 Å². The van der Waals surface area contributed by atoms with Crippen LogP contribution in [0.15, 0.2) is 60.7 Å². The standard InChI is InChI=1S/C21H22N2O/c1-14-11-12-17(22-3)13-20(14)21(24)23-15(2)18-10-6-8-16-7-4-5-9-19(16)18/h4-13,15,22H,1-3H3,(H,23,24)/t15-/m1/s1. The molecular weight excluding hydrogens is 296 g/mol. The summed E-state index contributed by atoms with van der Waals surface area (Å²) in [6.45, 7) is 3.98. The monoisotopic (exact) mass is 318 g/mol. The third-order valence-corrected chi connectivity index (χ3v) is 4.41. The smallest absolute Gasteiger partial charge is 0.252 e. The van der Waals surface area contributed by atoms with Crippen molar-refractivity contribution in [2.75, 3.05) is 12.4 Å². The Bertz CT molecular complexity index is 881. The van der Waals surface area contributed by atoms with Gasteiger partial charge < -0.3 is 10.6 Å². The van der Waals surface area contributed by atoms with E-state index in [0.717, 1.165) is 16.8 Å². The molecule has 3 rings (SSSR count). The molecule has 0 aliphatic heterocycles. The number of nitrogens with one attached hydrogen (secondary N) is 2. The van der Waals surface area contributed by atoms with Gasteiger partial charge in [-0.15, -0.1) is 0 Å². The maximum absolute atomic E-state index is 12.7. The van der Waals surface area contributed by atoms with Crippen molar-refractivity contribution < 1.29 is 4.79 Å². The highest BCUT2D eigenvalue weighted by Crippen LogP contribution is 2.24. The van der Waals surface area contributed by atoms with E-state index in [1.165, 1.54) is 10.8 Å². The van der Waals surface area contributed by atoms with Crippen LogP contribution in [0.4, 0.5) is 5.69 Å². The lowest BCUT2D eigenvalue weighted by Crippen LogP contribution is -2.27. The van der Waals surface area contributed by atoms with Crippen LogP contribution in [-0.4, -0.2) is 13.0 Å². The van der Waals surface area contributed by atoms with Crippen molar-refractivity contribution in [1.29, 1.82) is 0 Å². The largest absolute Gasteiger partial charge is 0.388 e. The summed E-state index contributed by atoms with van der Waals surface area (Å²) in [4.78, 5) is 12.7. The van der Waals surface area contributed by atoms with E-state index in [0.29, 0.717) is 5.56 Å². The fraction of sp³-hybridized carbons (Fsp3) is 0.190. The zero-order valence-electron chi connectivity index (χ0n) is 14.3. The van der Waals surface area contributed by atoms with E-state index < -0.39 is 0 Å². The molecule has 0 saturated heterocycles. The normalized spacial score (nSPS) is 12.0. The lowest BCUT2D eigenvalue weighted by molar-refractivity contribution is 0.0939. The fourth-order valence-corrected chi connectivity index (χ4v) is 3.00. The number of fused-ring (bicyclic) bond motifs is 1. The number of amides is 1. The van der Waals surface area contributed by atoms with Gasteiger partial charge in [0.15, 0.2) is 0 Å². The van der Waals surface area contributed by atoms with Crippen LogP contribution in [0, 0.1) is 6.92 Å². The minimum atomic E-state index is -0.0683. The first kappa shape index (κ1) is 16.1. The molecule has 3 heteroatoms. The number of anilines is 1. The van der Waals surface area contributed by atoms with Gasteiger partial charge in [-0.2, -0.15) is 0 Å². The van der Waals surface area contributed by atoms with E-state index >= 15 is 0 Å². The first-order chi connectivity index (χ1) is 11.6. The van der Waals surface area contributed by atoms with Gasteiger partial charge in [0.25, 0.3) is 5.91 Å². The zero-order valence-corrected chi connectivity index (χ0v) is 14.3. The lowest BCUT2D eigenvalue weighted by Gasteiger charge is -2.18. The van der Waals surface area contributed by atoms with Crippen LogP contribution in [0.25, 0.3) is 10.8 Å². The third kappa shape index (κ3) is 3.11. The zero-order chi connectivity index (χ0) is 17.1. The summed E-state index contributed by atoms with van der Waals surface area (Å²) in [7, 11) is 1.85. The minimum Gasteiger partial charge on any atom is -0.388 e. The Kier molecular flexibility index (Phi) is 4.52. The van der Waals surface area contributed by atoms with Gasteiger partial charge in [0.05, 0.1) is 6.04 Å². The van der Waals surface area contributed by atoms with E-state index in [4.69, 9.17) is 0 Å². The molecule has 0 radical (unpaired) electrons. The molecule has 3 aromatic rings. The number of carbonyl (C=O) groups excluding carboxylic acids is 1. The summed E-state index contributed by atoms with van der Waals surface area (Å²) >= 11 is 0. The highest BCUT2D eigenvalue weighted by atomic mass is 16.1. The summed E-state index contributed by atoms with van der Waals surface area (Å²) in [5.74, 6) is -0.0509. The molecule has 0 heterocycles. The van der Waals surface area contributed by atoms with Crippen molar-refractivity contribution >= 4 is 22.4 Å². The molecule has 2 N–H and O–H groups in total. The van der Waals surface area contributed by atoms with Gasteiger partial charge in [-0.25, -0.2) is 0 Å². The van der Waals surface area contributed by atoms with Gasteiger partial charge >= 0.3 is 0 Å². The minimum absolute atomic E-state index is 0.0509. The summed E-state index contributed by atoms with van der Waals surface area (Å²) < 4.78 is 0. The highest BCUT2D eigenvalue weighted by molar-refractivity contribution is 5.97. The Hall–Kier alpha value is -2.81. The number of aryl methyl sites for hydroxylation is 1. The molecule has 0 saturated carbocycles. The molecule has 0 aliphatic rings. The molecule has 3 aromatic carbocycles. The number of hydrogen-bond acceptors (Lipinski definition) is 2. The molecule has 0 spiro atoms. The van der Waals surface area contributed by atoms with Crippen molar-refractivity contribution in [2.24, 2.45) is 0 Å². The number of carbonyl (C=O) groups is 1. The van der Waals surface area contributed by atoms with Gasteiger partial charge in [-0.05, 0) is 47.9 Å². The van der Waals surface area contributed by atoms with Crippen LogP contribution in [0.3, 0.4) is 0 Å². The number of hydrogen-bond donors (Lipinski definition) is 2. The van der Waals surface area contributed by atoms with Crippen LogP contribution in [0.2, 0.25) is 0 Å². The van der Waals surface area contributed by atoms with Crippen LogP contribution >= 0.6 is 0 Å². The van der Waals surface area contributed by atoms with E-state index in [9.17, 15) is 4.79 Å². The third-order valence-electron chi connectivity index (χ3n) is 4.41. The molecule has 3 nitrogen and oxygen atoms in total. The predicted molar refractivity (Wildman–Crippen MR) is 101 cm³/mol. The molecule has 0 fully saturated rings. The SMILES string of the molecule is CNc1ccc(C)c(C(=O)N[C@H](C)c2cccc3ccccc23)c1. The summed E-state index contributed by atoms with van der Waals surface area (Å²) in [5.41, 5.74) is 3.73. The maximum Gasteiger partial charge on any atom is 0.252 e. The second-order valence-electron chi connectivity index (χ2n) is 6.04. The van der Waals surface area contributed by atoms with Crippen molar-refractivity contribution in [3.8, 4) is 0 Å². The van der Waals surface area contributed by atoms with Gasteiger partial charge in [0, 0.05) is 18.3 Å². The average Bonchev–Trinajstić information content (AvgIpc) is 2.61. The van der Waals surface area contributed by atoms with Crippen molar-refractivity contribution in [3.05, 3.63) is 77.4 Å². The van der Waals surface area contributed by atoms with Gasteiger partial charge in [0.2, 0.25) is 0 Å². The first-order valence-corrected chi connectivity index (χ1v) is 8.17. The van der Waals surface area contributed by atoms with E-state index in [1.54, 1.807) is 0 Å². The summed E-state index contributed by atoms with van der Waals surface area (Å²) in [5, 5.41) is 8.57. The lowest BCUT2D eigenvalue weighted by atomic mass is 9.99. The molecule has 0 aliphatic carbocycles. The van der Waals surface area contributed by atoms with E-state index in [-0.39, 0.29) is 11.9 Å². The molecule has 122 valence electrons. The number of benzene rings is 3. The van der Waals surface area contributed by atoms with Crippen LogP contribution < -0.4 is 10.6 Å². The number of rotatable bonds is 4. The van der Waals surface area contributed by atoms with Crippen molar-refractivity contribution in [1.82, 2.24) is 5.32 Å². The Morgan fingerprint density at radius 1 is 1.00 bits per heavy atom. The molecule has 1 amide bonds. The van der Waals surface area contributed by atoms with Gasteiger partial charge in [-0.3, -0.25) is 4.79 Å². The van der Waals surface area contributed by atoms with Crippen LogP contribution in [-0.2, 0) is 0 Å². The van der Waals surface area contributed by atoms with Gasteiger partial charge in [-0.1, -0.05) is 48.5 Å². The second-order valence-corrected chi connectivity index (χ2v) is 6.04. The Morgan fingerprint density at radius 3 is 2.54 bits per heavy atom. The Balaban J connectivity index is 1.89. The molecule has 0 aromatic heterocycles. The molecule has 24 heavy (non-hydrogen) atoms. The Morgan fingerprint density at radius 2 is 1.75 bits per heavy atom. The topological polar surface area (TPSA) is 41.1 Å². The van der Waals surface area contributed by atoms with Gasteiger partial charge in [0.1, 0.15) is 0 Å². The highest BCUT2D eigenvalue weighted by Gasteiger charge is 2.15. The quantitative estimate of drug-likeness (QED) is 0.733. The first-order valence-electron chi connectivity index (χ1n) is 8.17. The predicted octanol–water partition coefficient (Wildman–Crippen LogP) is 4.68.